The minimum absolute atomic E-state index is 0.186. The number of hydrogen-bond acceptors (Lipinski definition) is 4. The molecule has 0 spiro atoms. The van der Waals surface area contributed by atoms with Gasteiger partial charge in [0.15, 0.2) is 0 Å². The normalized spacial score (nSPS) is 10.2. The molecule has 0 bridgehead atoms. The largest absolute Gasteiger partial charge is 0.322 e. The summed E-state index contributed by atoms with van der Waals surface area (Å²) in [6, 6.07) is 8.71. The minimum atomic E-state index is -0.596. The summed E-state index contributed by atoms with van der Waals surface area (Å²) in [5, 5.41) is 17.5. The molecule has 1 aromatic heterocycles. The van der Waals surface area contributed by atoms with Gasteiger partial charge in [-0.05, 0) is 19.1 Å². The number of carbonyl (C=O) groups excluding carboxylic acids is 1. The van der Waals surface area contributed by atoms with E-state index >= 15 is 0 Å². The number of para-hydroxylation sites is 1. The fraction of sp³-hybridized carbons (Fsp3) is 0.167. The molecule has 1 aromatic carbocycles. The third kappa shape index (κ3) is 2.44. The number of nitrogens with zero attached hydrogens (tertiary/aromatic N) is 3. The van der Waals surface area contributed by atoms with Crippen molar-refractivity contribution in [1.29, 1.82) is 0 Å². The maximum absolute atomic E-state index is 12.0. The highest BCUT2D eigenvalue weighted by Crippen LogP contribution is 2.22. The van der Waals surface area contributed by atoms with Crippen molar-refractivity contribution in [2.75, 3.05) is 5.32 Å². The lowest BCUT2D eigenvalue weighted by Gasteiger charge is -2.01. The Kier molecular flexibility index (Phi) is 3.28. The predicted molar refractivity (Wildman–Crippen MR) is 69.0 cm³/mol. The molecule has 2 rings (SSSR count). The molecule has 0 atom stereocenters. The Labute approximate surface area is 109 Å². The molecule has 0 radical (unpaired) electrons. The van der Waals surface area contributed by atoms with Crippen molar-refractivity contribution < 1.29 is 9.72 Å². The van der Waals surface area contributed by atoms with Crippen LogP contribution in [0.5, 0.6) is 0 Å². The van der Waals surface area contributed by atoms with Gasteiger partial charge in [0.2, 0.25) is 5.69 Å². The van der Waals surface area contributed by atoms with Crippen molar-refractivity contribution in [1.82, 2.24) is 9.78 Å². The third-order valence-corrected chi connectivity index (χ3v) is 2.73. The Morgan fingerprint density at radius 2 is 2.00 bits per heavy atom. The Morgan fingerprint density at radius 1 is 1.37 bits per heavy atom. The van der Waals surface area contributed by atoms with Crippen molar-refractivity contribution in [3.8, 4) is 0 Å². The lowest BCUT2D eigenvalue weighted by Crippen LogP contribution is -2.14. The molecular formula is C12H12N4O3. The van der Waals surface area contributed by atoms with Crippen LogP contribution in [0.4, 0.5) is 11.4 Å². The average Bonchev–Trinajstić information content (AvgIpc) is 2.67. The number of nitrogens with one attached hydrogen (secondary N) is 1. The van der Waals surface area contributed by atoms with Gasteiger partial charge >= 0.3 is 5.69 Å². The van der Waals surface area contributed by atoms with Gasteiger partial charge in [-0.3, -0.25) is 19.6 Å². The van der Waals surface area contributed by atoms with E-state index in [2.05, 4.69) is 10.4 Å². The van der Waals surface area contributed by atoms with Crippen LogP contribution < -0.4 is 5.32 Å². The number of anilines is 1. The van der Waals surface area contributed by atoms with E-state index in [4.69, 9.17) is 0 Å². The van der Waals surface area contributed by atoms with Crippen molar-refractivity contribution in [3.63, 3.8) is 0 Å². The standard InChI is InChI=1S/C12H12N4O3/c1-8-11(16(18)19)10(14-15(8)2)12(17)13-9-6-4-3-5-7-9/h3-7H,1-2H3,(H,13,17). The van der Waals surface area contributed by atoms with E-state index in [1.807, 2.05) is 6.07 Å². The molecule has 19 heavy (non-hydrogen) atoms. The first-order valence-corrected chi connectivity index (χ1v) is 5.55. The minimum Gasteiger partial charge on any atom is -0.320 e. The maximum atomic E-state index is 12.0. The van der Waals surface area contributed by atoms with Gasteiger partial charge in [-0.2, -0.15) is 5.10 Å². The van der Waals surface area contributed by atoms with Crippen LogP contribution in [0, 0.1) is 17.0 Å². The zero-order valence-electron chi connectivity index (χ0n) is 10.5. The summed E-state index contributed by atoms with van der Waals surface area (Å²) >= 11 is 0. The summed E-state index contributed by atoms with van der Waals surface area (Å²) in [5.41, 5.74) is 0.443. The Morgan fingerprint density at radius 3 is 2.58 bits per heavy atom. The summed E-state index contributed by atoms with van der Waals surface area (Å²) < 4.78 is 1.32. The van der Waals surface area contributed by atoms with E-state index < -0.39 is 10.8 Å². The quantitative estimate of drug-likeness (QED) is 0.674. The second kappa shape index (κ2) is 4.89. The van der Waals surface area contributed by atoms with E-state index in [-0.39, 0.29) is 11.4 Å². The van der Waals surface area contributed by atoms with E-state index in [0.717, 1.165) is 0 Å². The third-order valence-electron chi connectivity index (χ3n) is 2.73. The summed E-state index contributed by atoms with van der Waals surface area (Å²) in [6.45, 7) is 1.55. The lowest BCUT2D eigenvalue weighted by atomic mass is 10.2. The molecular weight excluding hydrogens is 248 g/mol. The first-order valence-electron chi connectivity index (χ1n) is 5.55. The molecule has 0 saturated carbocycles. The van der Waals surface area contributed by atoms with Crippen molar-refractivity contribution >= 4 is 17.3 Å². The molecule has 0 unspecified atom stereocenters. The van der Waals surface area contributed by atoms with E-state index in [1.54, 1.807) is 38.2 Å². The van der Waals surface area contributed by atoms with Gasteiger partial charge in [0.25, 0.3) is 5.91 Å². The van der Waals surface area contributed by atoms with Crippen LogP contribution in [0.15, 0.2) is 30.3 Å². The summed E-state index contributed by atoms with van der Waals surface area (Å²) in [5.74, 6) is -0.596. The molecule has 0 aliphatic rings. The smallest absolute Gasteiger partial charge is 0.320 e. The van der Waals surface area contributed by atoms with E-state index in [1.165, 1.54) is 4.68 Å². The van der Waals surface area contributed by atoms with Crippen LogP contribution in [0.25, 0.3) is 0 Å². The predicted octanol–water partition coefficient (Wildman–Crippen LogP) is 1.89. The van der Waals surface area contributed by atoms with Gasteiger partial charge in [0.1, 0.15) is 5.69 Å². The number of aromatic nitrogens is 2. The fourth-order valence-corrected chi connectivity index (χ4v) is 1.68. The zero-order chi connectivity index (χ0) is 14.0. The molecule has 0 saturated heterocycles. The Bertz CT molecular complexity index is 634. The van der Waals surface area contributed by atoms with Gasteiger partial charge in [-0.15, -0.1) is 0 Å². The first kappa shape index (κ1) is 12.7. The molecule has 0 fully saturated rings. The van der Waals surface area contributed by atoms with Crippen LogP contribution in [-0.2, 0) is 7.05 Å². The number of benzene rings is 1. The van der Waals surface area contributed by atoms with Crippen molar-refractivity contribution in [2.24, 2.45) is 7.05 Å². The number of hydrogen-bond donors (Lipinski definition) is 1. The van der Waals surface area contributed by atoms with Crippen molar-refractivity contribution in [3.05, 3.63) is 51.8 Å². The van der Waals surface area contributed by atoms with Gasteiger partial charge in [0, 0.05) is 12.7 Å². The highest BCUT2D eigenvalue weighted by Gasteiger charge is 2.28. The molecule has 7 nitrogen and oxygen atoms in total. The molecule has 0 aliphatic heterocycles. The Balaban J connectivity index is 2.35. The molecule has 1 amide bonds. The number of rotatable bonds is 3. The second-order valence-electron chi connectivity index (χ2n) is 3.98. The lowest BCUT2D eigenvalue weighted by molar-refractivity contribution is -0.385. The van der Waals surface area contributed by atoms with Crippen LogP contribution in [-0.4, -0.2) is 20.6 Å². The van der Waals surface area contributed by atoms with Gasteiger partial charge in [0.05, 0.1) is 4.92 Å². The van der Waals surface area contributed by atoms with Crippen LogP contribution >= 0.6 is 0 Å². The maximum Gasteiger partial charge on any atom is 0.322 e. The molecule has 1 N–H and O–H groups in total. The molecule has 2 aromatic rings. The average molecular weight is 260 g/mol. The fourth-order valence-electron chi connectivity index (χ4n) is 1.68. The van der Waals surface area contributed by atoms with Crippen LogP contribution in [0.3, 0.4) is 0 Å². The molecule has 98 valence electrons. The van der Waals surface area contributed by atoms with Crippen molar-refractivity contribution in [2.45, 2.75) is 6.92 Å². The molecule has 1 heterocycles. The monoisotopic (exact) mass is 260 g/mol. The zero-order valence-corrected chi connectivity index (χ0v) is 10.5. The topological polar surface area (TPSA) is 90.1 Å². The molecule has 0 aliphatic carbocycles. The van der Waals surface area contributed by atoms with Gasteiger partial charge in [-0.1, -0.05) is 18.2 Å². The van der Waals surface area contributed by atoms with Gasteiger partial charge in [-0.25, -0.2) is 0 Å². The summed E-state index contributed by atoms with van der Waals surface area (Å²) in [7, 11) is 1.56. The number of aryl methyl sites for hydroxylation is 1. The van der Waals surface area contributed by atoms with E-state index in [9.17, 15) is 14.9 Å². The van der Waals surface area contributed by atoms with E-state index in [0.29, 0.717) is 11.4 Å². The summed E-state index contributed by atoms with van der Waals surface area (Å²) in [4.78, 5) is 22.4. The van der Waals surface area contributed by atoms with Gasteiger partial charge < -0.3 is 5.32 Å². The first-order chi connectivity index (χ1) is 9.00. The Hall–Kier alpha value is -2.70. The van der Waals surface area contributed by atoms with Crippen LogP contribution in [0.1, 0.15) is 16.2 Å². The number of nitro groups is 1. The highest BCUT2D eigenvalue weighted by atomic mass is 16.6. The number of carbonyl (C=O) groups is 1. The van der Waals surface area contributed by atoms with Crippen LogP contribution in [0.2, 0.25) is 0 Å². The number of amides is 1. The second-order valence-corrected chi connectivity index (χ2v) is 3.98. The SMILES string of the molecule is Cc1c([N+](=O)[O-])c(C(=O)Nc2ccccc2)nn1C. The molecule has 7 heteroatoms. The summed E-state index contributed by atoms with van der Waals surface area (Å²) in [6.07, 6.45) is 0. The highest BCUT2D eigenvalue weighted by molar-refractivity contribution is 6.05.